The highest BCUT2D eigenvalue weighted by molar-refractivity contribution is 5.94. The van der Waals surface area contributed by atoms with Crippen LogP contribution in [-0.4, -0.2) is 95.4 Å². The molecule has 0 aliphatic rings. The molecule has 0 bridgehead atoms. The molecule has 8 N–H and O–H groups in total. The van der Waals surface area contributed by atoms with Gasteiger partial charge in [-0.2, -0.15) is 0 Å². The van der Waals surface area contributed by atoms with E-state index in [0.29, 0.717) is 31.7 Å². The van der Waals surface area contributed by atoms with Gasteiger partial charge in [-0.05, 0) is 86.1 Å². The maximum atomic E-state index is 14.8. The summed E-state index contributed by atoms with van der Waals surface area (Å²) in [6.07, 6.45) is 14.9. The number of likely N-dealkylation sites (N-methyl/N-ethyl adjacent to an activating group) is 1. The van der Waals surface area contributed by atoms with Crippen LogP contribution in [-0.2, 0) is 45.0 Å². The zero-order chi connectivity index (χ0) is 54.3. The normalized spacial score (nSPS) is 13.1. The second-order valence-corrected chi connectivity index (χ2v) is 19.8. The minimum atomic E-state index is -1.17. The van der Waals surface area contributed by atoms with Crippen molar-refractivity contribution >= 4 is 40.5 Å². The number of carbonyl (C=O) groups excluding carboxylic acids is 4. The molecule has 4 atom stereocenters. The highest BCUT2D eigenvalue weighted by Crippen LogP contribution is 2.21. The van der Waals surface area contributed by atoms with Crippen LogP contribution in [0.1, 0.15) is 126 Å². The Balaban J connectivity index is 1.39. The van der Waals surface area contributed by atoms with E-state index in [2.05, 4.69) is 50.0 Å². The lowest BCUT2D eigenvalue weighted by molar-refractivity contribution is -0.525. The second kappa shape index (κ2) is 33.6. The lowest BCUT2D eigenvalue weighted by atomic mass is 10.0. The highest BCUT2D eigenvalue weighted by atomic mass is 16.7. The van der Waals surface area contributed by atoms with Gasteiger partial charge in [0.25, 0.3) is 5.96 Å². The van der Waals surface area contributed by atoms with Crippen LogP contribution < -0.4 is 37.2 Å². The van der Waals surface area contributed by atoms with Gasteiger partial charge < -0.3 is 41.6 Å². The number of para-hydroxylation sites is 1. The number of nitrogens with zero attached hydrogens (tertiary/aromatic N) is 3. The number of amides is 4. The van der Waals surface area contributed by atoms with Crippen molar-refractivity contribution in [1.82, 2.24) is 36.6 Å². The topological polar surface area (TPSA) is 238 Å². The maximum absolute atomic E-state index is 14.8. The minimum Gasteiger partial charge on any atom is -0.489 e. The third-order valence-electron chi connectivity index (χ3n) is 13.4. The quantitative estimate of drug-likeness (QED) is 0.00667. The fourth-order valence-electron chi connectivity index (χ4n) is 9.22. The summed E-state index contributed by atoms with van der Waals surface area (Å²) in [6.45, 7) is 6.14. The van der Waals surface area contributed by atoms with E-state index in [4.69, 9.17) is 10.5 Å². The second-order valence-electron chi connectivity index (χ2n) is 19.8. The molecule has 5 aromatic rings. The van der Waals surface area contributed by atoms with E-state index in [1.165, 1.54) is 12.8 Å². The molecule has 0 aliphatic heterocycles. The van der Waals surface area contributed by atoms with Gasteiger partial charge in [0.05, 0.1) is 0 Å². The lowest BCUT2D eigenvalue weighted by Gasteiger charge is -2.29. The zero-order valence-corrected chi connectivity index (χ0v) is 44.9. The number of hydrogen-bond acceptors (Lipinski definition) is 9. The van der Waals surface area contributed by atoms with Crippen molar-refractivity contribution in [3.05, 3.63) is 148 Å². The van der Waals surface area contributed by atoms with Crippen molar-refractivity contribution in [3.8, 4) is 5.75 Å². The molecular formula is C59H82N10O7. The van der Waals surface area contributed by atoms with Gasteiger partial charge in [0, 0.05) is 55.5 Å². The summed E-state index contributed by atoms with van der Waals surface area (Å²) in [6, 6.07) is 30.8. The molecule has 0 saturated heterocycles. The number of guanidine groups is 1. The summed E-state index contributed by atoms with van der Waals surface area (Å²) in [5.74, 6) is -1.60. The number of nitrogens with two attached hydrogens (primary N) is 1. The first kappa shape index (κ1) is 59.6. The molecule has 0 saturated carbocycles. The number of nitrogens with one attached hydrogen (secondary N) is 6. The van der Waals surface area contributed by atoms with E-state index in [1.54, 1.807) is 0 Å². The molecular weight excluding hydrogens is 961 g/mol. The molecule has 76 heavy (non-hydrogen) atoms. The fraction of sp³-hybridized carbons (Fsp3) is 0.475. The Morgan fingerprint density at radius 1 is 0.658 bits per heavy atom. The van der Waals surface area contributed by atoms with Gasteiger partial charge >= 0.3 is 0 Å². The number of rotatable bonds is 36. The molecule has 4 aromatic carbocycles. The van der Waals surface area contributed by atoms with E-state index < -0.39 is 46.8 Å². The number of ether oxygens (including phenoxy) is 1. The Bertz CT molecular complexity index is 2540. The highest BCUT2D eigenvalue weighted by Gasteiger charge is 2.31. The van der Waals surface area contributed by atoms with Crippen molar-refractivity contribution < 1.29 is 28.9 Å². The smallest absolute Gasteiger partial charge is 0.251 e. The average molecular weight is 1040 g/mol. The lowest BCUT2D eigenvalue weighted by Crippen LogP contribution is -2.58. The molecule has 0 unspecified atom stereocenters. The van der Waals surface area contributed by atoms with Gasteiger partial charge in [0.15, 0.2) is 5.03 Å². The van der Waals surface area contributed by atoms with Crippen LogP contribution >= 0.6 is 0 Å². The molecule has 0 aliphatic carbocycles. The zero-order valence-electron chi connectivity index (χ0n) is 44.9. The molecule has 4 amide bonds. The predicted molar refractivity (Wildman–Crippen MR) is 301 cm³/mol. The number of aliphatic imine (C=N–C) groups is 1. The largest absolute Gasteiger partial charge is 0.489 e. The Morgan fingerprint density at radius 2 is 1.22 bits per heavy atom. The van der Waals surface area contributed by atoms with Gasteiger partial charge in [0.1, 0.15) is 30.5 Å². The number of unbranched alkanes of at least 4 members (excludes halogenated alkanes) is 9. The molecule has 5 rings (SSSR count). The molecule has 1 heterocycles. The monoisotopic (exact) mass is 1040 g/mol. The number of benzene rings is 4. The number of hydrazine groups is 1. The number of aromatic nitrogens is 1. The number of fused-ring (bicyclic) bond motifs is 1. The van der Waals surface area contributed by atoms with Crippen molar-refractivity contribution in [1.29, 1.82) is 0 Å². The summed E-state index contributed by atoms with van der Waals surface area (Å²) in [5.41, 5.74) is 12.1. The first-order valence-corrected chi connectivity index (χ1v) is 27.3. The van der Waals surface area contributed by atoms with Crippen LogP contribution in [0.5, 0.6) is 5.75 Å². The van der Waals surface area contributed by atoms with Crippen molar-refractivity contribution in [2.75, 3.05) is 26.7 Å². The van der Waals surface area contributed by atoms with Gasteiger partial charge in [-0.25, -0.2) is 15.1 Å². The predicted octanol–water partition coefficient (Wildman–Crippen LogP) is 8.24. The van der Waals surface area contributed by atoms with Crippen LogP contribution in [0.2, 0.25) is 0 Å². The van der Waals surface area contributed by atoms with Crippen LogP contribution in [0.3, 0.4) is 0 Å². The number of H-pyrrole nitrogens is 1. The summed E-state index contributed by atoms with van der Waals surface area (Å²) in [5, 5.41) is 23.5. The molecule has 1 aromatic heterocycles. The van der Waals surface area contributed by atoms with E-state index in [1.807, 2.05) is 128 Å². The Morgan fingerprint density at radius 3 is 1.89 bits per heavy atom. The van der Waals surface area contributed by atoms with E-state index in [-0.39, 0.29) is 50.6 Å². The number of carbonyl (C=O) groups is 4. The third kappa shape index (κ3) is 22.3. The number of hydrogen-bond donors (Lipinski definition) is 7. The molecule has 17 heteroatoms. The van der Waals surface area contributed by atoms with E-state index >= 15 is 0 Å². The molecule has 410 valence electrons. The molecule has 0 spiro atoms. The molecule has 0 fully saturated rings. The third-order valence-corrected chi connectivity index (χ3v) is 13.4. The average Bonchev–Trinajstić information content (AvgIpc) is 3.82. The van der Waals surface area contributed by atoms with Gasteiger partial charge in [0.2, 0.25) is 23.6 Å². The van der Waals surface area contributed by atoms with E-state index in [0.717, 1.165) is 91.1 Å². The fourth-order valence-corrected chi connectivity index (χ4v) is 9.22. The van der Waals surface area contributed by atoms with Crippen molar-refractivity contribution in [3.63, 3.8) is 0 Å². The Labute approximate surface area is 449 Å². The molecule has 17 nitrogen and oxygen atoms in total. The summed E-state index contributed by atoms with van der Waals surface area (Å²) >= 11 is 0. The maximum Gasteiger partial charge on any atom is 0.251 e. The summed E-state index contributed by atoms with van der Waals surface area (Å²) < 4.78 is 6.02. The molecule has 0 radical (unpaired) electrons. The van der Waals surface area contributed by atoms with Gasteiger partial charge in [-0.3, -0.25) is 19.2 Å². The number of nitro groups is 1. The van der Waals surface area contributed by atoms with E-state index in [9.17, 15) is 29.3 Å². The first-order valence-electron chi connectivity index (χ1n) is 27.3. The van der Waals surface area contributed by atoms with Crippen LogP contribution in [0.15, 0.2) is 120 Å². The standard InChI is InChI=1S/C59H82N10O7/c1-4-6-8-10-11-12-19-31-55(70)64-53(39-45-32-34-49(35-33-45)76-43-46-26-17-14-18-27-46)57(72)66-54(38-44-24-15-13-16-25-44)58(73)65-52(30-23-36-61-59(60)67-69(74)75)56(71)63-48(42-68(3)37-22-9-7-5-2)40-47-41-62-51-29-21-20-28-50(47)51/h13-18,20-21,24-29,32-35,41,48,52-54,62H,4-12,19,22-23,30-31,36-40,42-43H2,1-3H3,(H,63,71)(H,64,70)(H,65,73)(H,66,72)(H3,60,61,67)/t48-,52-,53-,54+/m0/s1. The van der Waals surface area contributed by atoms with Crippen molar-refractivity contribution in [2.24, 2.45) is 10.7 Å². The summed E-state index contributed by atoms with van der Waals surface area (Å²) in [4.78, 5) is 78.5. The Kier molecular flexibility index (Phi) is 26.4. The SMILES string of the molecule is CCCCCCCCCC(=O)N[C@@H](Cc1ccc(OCc2ccccc2)cc1)C(=O)N[C@H](Cc1ccccc1)C(=O)N[C@@H](CCCN=C(N)N[N+](=O)[O-])C(=O)N[C@@H](Cc1c[nH]c2ccccc12)CN(C)CCCCCC. The van der Waals surface area contributed by atoms with Crippen LogP contribution in [0.4, 0.5) is 0 Å². The van der Waals surface area contributed by atoms with Crippen molar-refractivity contribution in [2.45, 2.75) is 154 Å². The van der Waals surface area contributed by atoms with Crippen LogP contribution in [0, 0.1) is 10.1 Å². The Hall–Kier alpha value is -7.27. The minimum absolute atomic E-state index is 0.0239. The summed E-state index contributed by atoms with van der Waals surface area (Å²) in [7, 11) is 2.04. The van der Waals surface area contributed by atoms with Crippen LogP contribution in [0.25, 0.3) is 10.9 Å². The van der Waals surface area contributed by atoms with Gasteiger partial charge in [-0.1, -0.05) is 168 Å². The number of aromatic amines is 1. The van der Waals surface area contributed by atoms with Gasteiger partial charge in [-0.15, -0.1) is 0 Å². The first-order chi connectivity index (χ1) is 36.9.